The predicted molar refractivity (Wildman–Crippen MR) is 96.7 cm³/mol. The zero-order valence-electron chi connectivity index (χ0n) is 15.3. The maximum atomic E-state index is 12.9. The third-order valence-corrected chi connectivity index (χ3v) is 4.89. The average Bonchev–Trinajstić information content (AvgIpc) is 3.15. The van der Waals surface area contributed by atoms with Crippen LogP contribution < -0.4 is 4.74 Å². The van der Waals surface area contributed by atoms with Gasteiger partial charge in [-0.15, -0.1) is 0 Å². The third-order valence-electron chi connectivity index (χ3n) is 4.89. The zero-order valence-corrected chi connectivity index (χ0v) is 15.3. The SMILES string of the molecule is COc1cccc(CN2CCn3nc(C(=O)N4CCOCC4)cc3C2=O)c1. The fraction of sp³-hybridized carbons (Fsp3) is 0.421. The molecule has 0 aliphatic carbocycles. The molecule has 2 aliphatic rings. The molecule has 0 spiro atoms. The van der Waals surface area contributed by atoms with Gasteiger partial charge in [0.2, 0.25) is 0 Å². The Labute approximate surface area is 157 Å². The summed E-state index contributed by atoms with van der Waals surface area (Å²) in [4.78, 5) is 29.0. The molecule has 27 heavy (non-hydrogen) atoms. The molecule has 1 fully saturated rings. The van der Waals surface area contributed by atoms with Crippen molar-refractivity contribution in [2.45, 2.75) is 13.1 Å². The van der Waals surface area contributed by atoms with Gasteiger partial charge in [0.15, 0.2) is 5.69 Å². The molecule has 8 heteroatoms. The molecule has 0 atom stereocenters. The van der Waals surface area contributed by atoms with Crippen LogP contribution in [0.15, 0.2) is 30.3 Å². The standard InChI is InChI=1S/C19H22N4O4/c1-26-15-4-2-3-14(11-15)13-22-5-6-23-17(19(22)25)12-16(20-23)18(24)21-7-9-27-10-8-21/h2-4,11-12H,5-10,13H2,1H3. The van der Waals surface area contributed by atoms with Crippen LogP contribution in [0.5, 0.6) is 5.75 Å². The minimum atomic E-state index is -0.146. The third kappa shape index (κ3) is 3.52. The van der Waals surface area contributed by atoms with Gasteiger partial charge in [-0.25, -0.2) is 0 Å². The molecule has 2 amide bonds. The summed E-state index contributed by atoms with van der Waals surface area (Å²) in [7, 11) is 1.62. The number of amides is 2. The quantitative estimate of drug-likeness (QED) is 0.803. The van der Waals surface area contributed by atoms with Gasteiger partial charge in [0.25, 0.3) is 11.8 Å². The van der Waals surface area contributed by atoms with Gasteiger partial charge < -0.3 is 19.3 Å². The lowest BCUT2D eigenvalue weighted by atomic mass is 10.1. The highest BCUT2D eigenvalue weighted by Gasteiger charge is 2.29. The number of aromatic nitrogens is 2. The first-order valence-electron chi connectivity index (χ1n) is 9.03. The average molecular weight is 370 g/mol. The van der Waals surface area contributed by atoms with Gasteiger partial charge in [0, 0.05) is 32.2 Å². The number of hydrogen-bond donors (Lipinski definition) is 0. The van der Waals surface area contributed by atoms with Crippen LogP contribution in [0.2, 0.25) is 0 Å². The molecule has 2 aromatic rings. The van der Waals surface area contributed by atoms with Crippen molar-refractivity contribution < 1.29 is 19.1 Å². The molecular weight excluding hydrogens is 348 g/mol. The smallest absolute Gasteiger partial charge is 0.274 e. The fourth-order valence-corrected chi connectivity index (χ4v) is 3.41. The molecule has 1 saturated heterocycles. The summed E-state index contributed by atoms with van der Waals surface area (Å²) < 4.78 is 12.2. The first-order chi connectivity index (χ1) is 13.2. The van der Waals surface area contributed by atoms with Crippen LogP contribution in [0.4, 0.5) is 0 Å². The van der Waals surface area contributed by atoms with E-state index in [4.69, 9.17) is 9.47 Å². The van der Waals surface area contributed by atoms with Gasteiger partial charge in [-0.1, -0.05) is 12.1 Å². The van der Waals surface area contributed by atoms with Crippen molar-refractivity contribution in [3.8, 4) is 5.75 Å². The van der Waals surface area contributed by atoms with Crippen LogP contribution >= 0.6 is 0 Å². The summed E-state index contributed by atoms with van der Waals surface area (Å²) in [5.41, 5.74) is 1.78. The van der Waals surface area contributed by atoms with Gasteiger partial charge in [-0.3, -0.25) is 14.3 Å². The minimum Gasteiger partial charge on any atom is -0.497 e. The molecule has 1 aromatic heterocycles. The lowest BCUT2D eigenvalue weighted by molar-refractivity contribution is 0.0298. The molecule has 0 saturated carbocycles. The number of hydrogen-bond acceptors (Lipinski definition) is 5. The number of carbonyl (C=O) groups excluding carboxylic acids is 2. The van der Waals surface area contributed by atoms with Gasteiger partial charge in [-0.05, 0) is 17.7 Å². The minimum absolute atomic E-state index is 0.113. The van der Waals surface area contributed by atoms with E-state index in [1.54, 1.807) is 27.7 Å². The van der Waals surface area contributed by atoms with E-state index in [2.05, 4.69) is 5.10 Å². The van der Waals surface area contributed by atoms with E-state index >= 15 is 0 Å². The number of nitrogens with zero attached hydrogens (tertiary/aromatic N) is 4. The molecule has 0 unspecified atom stereocenters. The summed E-state index contributed by atoms with van der Waals surface area (Å²) in [6.45, 7) is 3.79. The molecule has 0 bridgehead atoms. The number of fused-ring (bicyclic) bond motifs is 1. The number of benzene rings is 1. The Morgan fingerprint density at radius 3 is 2.78 bits per heavy atom. The molecule has 4 rings (SSSR count). The lowest BCUT2D eigenvalue weighted by Gasteiger charge is -2.27. The Hall–Kier alpha value is -2.87. The second-order valence-electron chi connectivity index (χ2n) is 6.62. The van der Waals surface area contributed by atoms with Crippen molar-refractivity contribution in [1.29, 1.82) is 0 Å². The van der Waals surface area contributed by atoms with Crippen LogP contribution in [0.3, 0.4) is 0 Å². The fourth-order valence-electron chi connectivity index (χ4n) is 3.41. The molecule has 3 heterocycles. The van der Waals surface area contributed by atoms with Crippen molar-refractivity contribution in [1.82, 2.24) is 19.6 Å². The van der Waals surface area contributed by atoms with Crippen molar-refractivity contribution >= 4 is 11.8 Å². The molecular formula is C19H22N4O4. The second kappa shape index (κ2) is 7.40. The van der Waals surface area contributed by atoms with Crippen molar-refractivity contribution in [3.05, 3.63) is 47.3 Å². The summed E-state index contributed by atoms with van der Waals surface area (Å²) in [6.07, 6.45) is 0. The van der Waals surface area contributed by atoms with E-state index in [1.165, 1.54) is 0 Å². The van der Waals surface area contributed by atoms with Crippen LogP contribution in [0, 0.1) is 0 Å². The molecule has 8 nitrogen and oxygen atoms in total. The Morgan fingerprint density at radius 1 is 1.19 bits per heavy atom. The van der Waals surface area contributed by atoms with Gasteiger partial charge in [0.05, 0.1) is 26.9 Å². The van der Waals surface area contributed by atoms with Gasteiger partial charge >= 0.3 is 0 Å². The number of methoxy groups -OCH3 is 1. The Morgan fingerprint density at radius 2 is 2.00 bits per heavy atom. The monoisotopic (exact) mass is 370 g/mol. The van der Waals surface area contributed by atoms with Crippen LogP contribution in [-0.4, -0.2) is 71.4 Å². The first kappa shape index (κ1) is 17.5. The lowest BCUT2D eigenvalue weighted by Crippen LogP contribution is -2.41. The van der Waals surface area contributed by atoms with Crippen molar-refractivity contribution in [2.75, 3.05) is 40.0 Å². The maximum Gasteiger partial charge on any atom is 0.274 e. The molecule has 2 aliphatic heterocycles. The highest BCUT2D eigenvalue weighted by atomic mass is 16.5. The summed E-state index contributed by atoms with van der Waals surface area (Å²) in [5.74, 6) is 0.505. The van der Waals surface area contributed by atoms with E-state index in [9.17, 15) is 9.59 Å². The predicted octanol–water partition coefficient (Wildman–Crippen LogP) is 1.02. The van der Waals surface area contributed by atoms with Crippen molar-refractivity contribution in [2.24, 2.45) is 0 Å². The van der Waals surface area contributed by atoms with E-state index in [1.807, 2.05) is 24.3 Å². The van der Waals surface area contributed by atoms with E-state index < -0.39 is 0 Å². The number of ether oxygens (including phenoxy) is 2. The summed E-state index contributed by atoms with van der Waals surface area (Å²) in [5, 5.41) is 4.36. The van der Waals surface area contributed by atoms with E-state index in [-0.39, 0.29) is 11.8 Å². The number of rotatable bonds is 4. The molecule has 0 radical (unpaired) electrons. The Kier molecular flexibility index (Phi) is 4.81. The van der Waals surface area contributed by atoms with Crippen LogP contribution in [0.25, 0.3) is 0 Å². The molecule has 0 N–H and O–H groups in total. The normalized spacial score (nSPS) is 17.0. The highest BCUT2D eigenvalue weighted by Crippen LogP contribution is 2.20. The van der Waals surface area contributed by atoms with E-state index in [0.717, 1.165) is 11.3 Å². The van der Waals surface area contributed by atoms with Crippen LogP contribution in [-0.2, 0) is 17.8 Å². The second-order valence-corrected chi connectivity index (χ2v) is 6.62. The Bertz CT molecular complexity index is 857. The number of carbonyl (C=O) groups is 2. The van der Waals surface area contributed by atoms with Crippen LogP contribution in [0.1, 0.15) is 26.5 Å². The summed E-state index contributed by atoms with van der Waals surface area (Å²) in [6, 6.07) is 9.28. The maximum absolute atomic E-state index is 12.9. The first-order valence-corrected chi connectivity index (χ1v) is 9.03. The van der Waals surface area contributed by atoms with Gasteiger partial charge in [0.1, 0.15) is 11.4 Å². The van der Waals surface area contributed by atoms with E-state index in [0.29, 0.717) is 57.3 Å². The molecule has 142 valence electrons. The largest absolute Gasteiger partial charge is 0.497 e. The number of morpholine rings is 1. The topological polar surface area (TPSA) is 76.9 Å². The van der Waals surface area contributed by atoms with Gasteiger partial charge in [-0.2, -0.15) is 5.10 Å². The summed E-state index contributed by atoms with van der Waals surface area (Å²) >= 11 is 0. The highest BCUT2D eigenvalue weighted by molar-refractivity contribution is 5.98. The van der Waals surface area contributed by atoms with Crippen molar-refractivity contribution in [3.63, 3.8) is 0 Å². The molecule has 1 aromatic carbocycles. The zero-order chi connectivity index (χ0) is 18.8. The Balaban J connectivity index is 1.50.